The van der Waals surface area contributed by atoms with Crippen molar-refractivity contribution in [3.05, 3.63) is 106 Å². The second-order valence-corrected chi connectivity index (χ2v) is 11.4. The number of non-ortho nitro benzene ring substituents is 1. The monoisotopic (exact) mass is 620 g/mol. The van der Waals surface area contributed by atoms with Crippen molar-refractivity contribution in [2.24, 2.45) is 0 Å². The molecule has 0 radical (unpaired) electrons. The van der Waals surface area contributed by atoms with Crippen LogP contribution in [-0.2, 0) is 9.59 Å². The van der Waals surface area contributed by atoms with E-state index in [9.17, 15) is 24.5 Å². The van der Waals surface area contributed by atoms with Crippen molar-refractivity contribution < 1.29 is 19.3 Å². The first-order valence-corrected chi connectivity index (χ1v) is 15.2. The molecule has 11 nitrogen and oxygen atoms in total. The minimum atomic E-state index is -0.602. The van der Waals surface area contributed by atoms with E-state index in [1.165, 1.54) is 53.9 Å². The predicted molar refractivity (Wildman–Crippen MR) is 166 cm³/mol. The van der Waals surface area contributed by atoms with Crippen LogP contribution in [0.4, 0.5) is 16.5 Å². The molecule has 214 valence electrons. The fourth-order valence-corrected chi connectivity index (χ4v) is 5.46. The molecule has 0 saturated heterocycles. The fourth-order valence-electron chi connectivity index (χ4n) is 3.42. The van der Waals surface area contributed by atoms with Crippen LogP contribution in [0.5, 0.6) is 0 Å². The second kappa shape index (κ2) is 14.9. The summed E-state index contributed by atoms with van der Waals surface area (Å²) in [5.74, 6) is -0.387. The number of benzene rings is 3. The summed E-state index contributed by atoms with van der Waals surface area (Å²) >= 11 is 3.89. The summed E-state index contributed by atoms with van der Waals surface area (Å²) in [6.45, 7) is 1.99. The Morgan fingerprint density at radius 2 is 1.74 bits per heavy atom. The smallest absolute Gasteiger partial charge is 0.272 e. The van der Waals surface area contributed by atoms with Gasteiger partial charge in [0.1, 0.15) is 5.70 Å². The number of hydrogen-bond acceptors (Lipinski definition) is 10. The van der Waals surface area contributed by atoms with E-state index < -0.39 is 16.7 Å². The summed E-state index contributed by atoms with van der Waals surface area (Å²) in [6.07, 6.45) is 1.43. The highest BCUT2D eigenvalue weighted by atomic mass is 32.2. The topological polar surface area (TPSA) is 156 Å². The van der Waals surface area contributed by atoms with Crippen LogP contribution in [0.3, 0.4) is 0 Å². The summed E-state index contributed by atoms with van der Waals surface area (Å²) < 4.78 is 4.18. The van der Waals surface area contributed by atoms with Gasteiger partial charge in [0.15, 0.2) is 0 Å². The minimum Gasteiger partial charge on any atom is -0.321 e. The summed E-state index contributed by atoms with van der Waals surface area (Å²) in [6, 6.07) is 20.9. The van der Waals surface area contributed by atoms with Crippen LogP contribution >= 0.6 is 35.1 Å². The Balaban J connectivity index is 1.44. The highest BCUT2D eigenvalue weighted by Crippen LogP contribution is 2.24. The quantitative estimate of drug-likeness (QED) is 0.0782. The molecule has 0 saturated carbocycles. The fraction of sp³-hybridized carbons (Fsp3) is 0.107. The molecule has 0 aliphatic carbocycles. The standard InChI is InChI=1S/C28H24N6O5S3/c1-2-40-28-32-27(42-33-28)31-24(35)17-41-22-10-6-9-20(16-22)29-26(37)23(30-25(36)19-7-4-3-5-8-19)15-18-11-13-21(14-12-18)34(38)39/h3-16H,2,17H2,1H3,(H,29,37)(H,30,36)(H,31,32,33,35)/b23-15+. The molecule has 14 heteroatoms. The normalized spacial score (nSPS) is 11.0. The lowest BCUT2D eigenvalue weighted by Crippen LogP contribution is -2.30. The maximum atomic E-state index is 13.3. The number of nitro groups is 1. The van der Waals surface area contributed by atoms with Crippen molar-refractivity contribution in [3.8, 4) is 0 Å². The number of thioether (sulfide) groups is 2. The molecule has 1 heterocycles. The van der Waals surface area contributed by atoms with Crippen molar-refractivity contribution in [2.45, 2.75) is 17.0 Å². The number of amides is 3. The third-order valence-electron chi connectivity index (χ3n) is 5.33. The van der Waals surface area contributed by atoms with E-state index in [4.69, 9.17) is 0 Å². The molecule has 0 atom stereocenters. The maximum Gasteiger partial charge on any atom is 0.272 e. The Morgan fingerprint density at radius 3 is 2.45 bits per heavy atom. The van der Waals surface area contributed by atoms with Gasteiger partial charge in [0, 0.05) is 39.8 Å². The Labute approximate surface area is 253 Å². The first-order valence-electron chi connectivity index (χ1n) is 12.4. The van der Waals surface area contributed by atoms with Gasteiger partial charge in [0.25, 0.3) is 17.5 Å². The highest BCUT2D eigenvalue weighted by molar-refractivity contribution is 8.00. The zero-order chi connectivity index (χ0) is 29.9. The lowest BCUT2D eigenvalue weighted by molar-refractivity contribution is -0.384. The number of nitrogens with one attached hydrogen (secondary N) is 3. The number of hydrogen-bond donors (Lipinski definition) is 3. The number of carbonyl (C=O) groups is 3. The van der Waals surface area contributed by atoms with Gasteiger partial charge < -0.3 is 10.6 Å². The molecule has 0 unspecified atom stereocenters. The van der Waals surface area contributed by atoms with Gasteiger partial charge in [-0.2, -0.15) is 9.36 Å². The van der Waals surface area contributed by atoms with Crippen molar-refractivity contribution in [1.29, 1.82) is 0 Å². The van der Waals surface area contributed by atoms with Crippen LogP contribution in [0.15, 0.2) is 94.6 Å². The number of carbonyl (C=O) groups excluding carboxylic acids is 3. The Morgan fingerprint density at radius 1 is 0.976 bits per heavy atom. The van der Waals surface area contributed by atoms with E-state index in [2.05, 4.69) is 25.3 Å². The summed E-state index contributed by atoms with van der Waals surface area (Å²) in [5, 5.41) is 20.2. The van der Waals surface area contributed by atoms with Crippen LogP contribution < -0.4 is 16.0 Å². The zero-order valence-electron chi connectivity index (χ0n) is 22.1. The molecule has 3 aromatic carbocycles. The Hall–Kier alpha value is -4.53. The van der Waals surface area contributed by atoms with E-state index in [0.29, 0.717) is 27.1 Å². The number of aromatic nitrogens is 2. The molecule has 4 rings (SSSR count). The Kier molecular flexibility index (Phi) is 10.8. The van der Waals surface area contributed by atoms with Crippen molar-refractivity contribution >= 4 is 75.4 Å². The first-order chi connectivity index (χ1) is 20.3. The molecule has 0 bridgehead atoms. The average Bonchev–Trinajstić information content (AvgIpc) is 3.43. The average molecular weight is 621 g/mol. The molecular weight excluding hydrogens is 597 g/mol. The van der Waals surface area contributed by atoms with Gasteiger partial charge in [-0.15, -0.1) is 11.8 Å². The van der Waals surface area contributed by atoms with Crippen molar-refractivity contribution in [3.63, 3.8) is 0 Å². The predicted octanol–water partition coefficient (Wildman–Crippen LogP) is 5.70. The van der Waals surface area contributed by atoms with Crippen LogP contribution in [0.1, 0.15) is 22.8 Å². The molecule has 4 aromatic rings. The molecule has 3 amide bonds. The molecule has 1 aromatic heterocycles. The van der Waals surface area contributed by atoms with Gasteiger partial charge >= 0.3 is 0 Å². The largest absolute Gasteiger partial charge is 0.321 e. The van der Waals surface area contributed by atoms with Gasteiger partial charge in [0.2, 0.25) is 16.2 Å². The lowest BCUT2D eigenvalue weighted by atomic mass is 10.1. The van der Waals surface area contributed by atoms with Gasteiger partial charge in [-0.05, 0) is 59.9 Å². The van der Waals surface area contributed by atoms with E-state index >= 15 is 0 Å². The summed E-state index contributed by atoms with van der Waals surface area (Å²) in [5.41, 5.74) is 1.11. The molecular formula is C28H24N6O5S3. The summed E-state index contributed by atoms with van der Waals surface area (Å²) in [7, 11) is 0. The third-order valence-corrected chi connectivity index (χ3v) is 7.80. The molecule has 0 spiro atoms. The first kappa shape index (κ1) is 30.4. The second-order valence-electron chi connectivity index (χ2n) is 8.36. The number of anilines is 2. The van der Waals surface area contributed by atoms with Gasteiger partial charge in [-0.3, -0.25) is 29.8 Å². The van der Waals surface area contributed by atoms with Crippen LogP contribution in [0.25, 0.3) is 6.08 Å². The van der Waals surface area contributed by atoms with E-state index in [1.807, 2.05) is 6.92 Å². The highest BCUT2D eigenvalue weighted by Gasteiger charge is 2.16. The minimum absolute atomic E-state index is 0.0622. The van der Waals surface area contributed by atoms with Crippen molar-refractivity contribution in [1.82, 2.24) is 14.7 Å². The molecule has 3 N–H and O–H groups in total. The van der Waals surface area contributed by atoms with Gasteiger partial charge in [-0.25, -0.2) is 0 Å². The lowest BCUT2D eigenvalue weighted by Gasteiger charge is -2.12. The van der Waals surface area contributed by atoms with Crippen molar-refractivity contribution in [2.75, 3.05) is 22.1 Å². The van der Waals surface area contributed by atoms with E-state index in [0.717, 1.165) is 22.2 Å². The summed E-state index contributed by atoms with van der Waals surface area (Å²) in [4.78, 5) is 54.0. The SMILES string of the molecule is CCSc1nsc(NC(=O)CSc2cccc(NC(=O)/C(=C\c3ccc([N+](=O)[O-])cc3)NC(=O)c3ccccc3)c2)n1. The van der Waals surface area contributed by atoms with Crippen LogP contribution in [0, 0.1) is 10.1 Å². The third kappa shape index (κ3) is 8.99. The van der Waals surface area contributed by atoms with Crippen LogP contribution in [0.2, 0.25) is 0 Å². The molecule has 0 aliphatic heterocycles. The zero-order valence-corrected chi connectivity index (χ0v) is 24.6. The molecule has 0 fully saturated rings. The van der Waals surface area contributed by atoms with Gasteiger partial charge in [0.05, 0.1) is 10.7 Å². The van der Waals surface area contributed by atoms with E-state index in [-0.39, 0.29) is 23.0 Å². The number of nitro benzene ring substituents is 1. The molecule has 42 heavy (non-hydrogen) atoms. The van der Waals surface area contributed by atoms with Gasteiger partial charge in [-0.1, -0.05) is 43.0 Å². The Bertz CT molecular complexity index is 1610. The molecule has 0 aliphatic rings. The number of nitrogens with zero attached hydrogens (tertiary/aromatic N) is 3. The van der Waals surface area contributed by atoms with Crippen LogP contribution in [-0.4, -0.2) is 43.5 Å². The van der Waals surface area contributed by atoms with E-state index in [1.54, 1.807) is 54.6 Å². The number of rotatable bonds is 12. The maximum absolute atomic E-state index is 13.3.